The van der Waals surface area contributed by atoms with Gasteiger partial charge in [0.1, 0.15) is 0 Å². The topological polar surface area (TPSA) is 43.8 Å². The number of carbonyl (C=O) groups is 1. The van der Waals surface area contributed by atoms with Gasteiger partial charge in [-0.2, -0.15) is 0 Å². The summed E-state index contributed by atoms with van der Waals surface area (Å²) in [4.78, 5) is 15.5. The molecule has 0 radical (unpaired) electrons. The molecule has 0 spiro atoms. The molecule has 2 heterocycles. The fraction of sp³-hybridized carbons (Fsp3) is 0.462. The number of halogens is 1. The van der Waals surface area contributed by atoms with E-state index in [9.17, 15) is 9.90 Å². The fourth-order valence-electron chi connectivity index (χ4n) is 3.36. The SMILES string of the molecule is CN1C[C@@]2(C)c3cc(Cl)ccc3N(C)[C@@]2(O)C1=O. The number of hydrogen-bond donors (Lipinski definition) is 1. The number of hydrogen-bond acceptors (Lipinski definition) is 3. The van der Waals surface area contributed by atoms with E-state index in [-0.39, 0.29) is 5.91 Å². The van der Waals surface area contributed by atoms with E-state index in [1.807, 2.05) is 19.1 Å². The molecule has 3 rings (SSSR count). The van der Waals surface area contributed by atoms with Gasteiger partial charge in [0.25, 0.3) is 5.91 Å². The Morgan fingerprint density at radius 1 is 1.39 bits per heavy atom. The summed E-state index contributed by atoms with van der Waals surface area (Å²) >= 11 is 6.04. The van der Waals surface area contributed by atoms with Crippen molar-refractivity contribution in [3.05, 3.63) is 28.8 Å². The maximum absolute atomic E-state index is 12.3. The summed E-state index contributed by atoms with van der Waals surface area (Å²) in [7, 11) is 3.46. The Morgan fingerprint density at radius 2 is 2.06 bits per heavy atom. The number of nitrogens with zero attached hydrogens (tertiary/aromatic N) is 2. The molecule has 96 valence electrons. The maximum Gasteiger partial charge on any atom is 0.276 e. The molecule has 2 aliphatic rings. The normalized spacial score (nSPS) is 33.9. The van der Waals surface area contributed by atoms with Crippen molar-refractivity contribution in [3.8, 4) is 0 Å². The van der Waals surface area contributed by atoms with E-state index in [0.29, 0.717) is 11.6 Å². The Bertz CT molecular complexity index is 562. The van der Waals surface area contributed by atoms with Crippen LogP contribution in [-0.4, -0.2) is 42.3 Å². The van der Waals surface area contributed by atoms with Crippen LogP contribution in [0.3, 0.4) is 0 Å². The Hall–Kier alpha value is -1.26. The van der Waals surface area contributed by atoms with Crippen LogP contribution in [-0.2, 0) is 10.2 Å². The molecule has 1 aromatic carbocycles. The third kappa shape index (κ3) is 1.04. The quantitative estimate of drug-likeness (QED) is 0.768. The Kier molecular flexibility index (Phi) is 2.09. The Labute approximate surface area is 111 Å². The lowest BCUT2D eigenvalue weighted by Gasteiger charge is -2.34. The predicted octanol–water partition coefficient (Wildman–Crippen LogP) is 1.21. The van der Waals surface area contributed by atoms with Crippen molar-refractivity contribution < 1.29 is 9.90 Å². The molecule has 0 bridgehead atoms. The summed E-state index contributed by atoms with van der Waals surface area (Å²) in [5.74, 6) is -0.264. The molecule has 2 aliphatic heterocycles. The summed E-state index contributed by atoms with van der Waals surface area (Å²) < 4.78 is 0. The molecule has 4 nitrogen and oxygen atoms in total. The smallest absolute Gasteiger partial charge is 0.276 e. The number of likely N-dealkylation sites (tertiary alicyclic amines) is 1. The summed E-state index contributed by atoms with van der Waals surface area (Å²) in [5.41, 5.74) is -0.355. The number of anilines is 1. The minimum atomic E-state index is -1.51. The first-order chi connectivity index (χ1) is 8.32. The van der Waals surface area contributed by atoms with Gasteiger partial charge in [-0.3, -0.25) is 4.79 Å². The summed E-state index contributed by atoms with van der Waals surface area (Å²) in [6.07, 6.45) is 0. The van der Waals surface area contributed by atoms with Gasteiger partial charge in [-0.15, -0.1) is 0 Å². The van der Waals surface area contributed by atoms with Crippen molar-refractivity contribution in [2.45, 2.75) is 18.1 Å². The van der Waals surface area contributed by atoms with E-state index < -0.39 is 11.1 Å². The number of amides is 1. The average Bonchev–Trinajstić information content (AvgIpc) is 2.60. The number of benzene rings is 1. The highest BCUT2D eigenvalue weighted by Gasteiger charge is 2.67. The lowest BCUT2D eigenvalue weighted by Crippen LogP contribution is -2.58. The largest absolute Gasteiger partial charge is 0.362 e. The minimum absolute atomic E-state index is 0.264. The average molecular weight is 267 g/mol. The second-order valence-electron chi connectivity index (χ2n) is 5.39. The molecule has 0 unspecified atom stereocenters. The summed E-state index contributed by atoms with van der Waals surface area (Å²) in [6, 6.07) is 5.48. The van der Waals surface area contributed by atoms with E-state index >= 15 is 0 Å². The zero-order chi connectivity index (χ0) is 13.3. The van der Waals surface area contributed by atoms with Crippen molar-refractivity contribution in [1.82, 2.24) is 4.90 Å². The van der Waals surface area contributed by atoms with Crippen molar-refractivity contribution in [2.24, 2.45) is 0 Å². The highest BCUT2D eigenvalue weighted by molar-refractivity contribution is 6.30. The molecule has 18 heavy (non-hydrogen) atoms. The van der Waals surface area contributed by atoms with Crippen LogP contribution >= 0.6 is 11.6 Å². The maximum atomic E-state index is 12.3. The van der Waals surface area contributed by atoms with Crippen LogP contribution in [0.4, 0.5) is 5.69 Å². The molecule has 0 aliphatic carbocycles. The van der Waals surface area contributed by atoms with Crippen LogP contribution in [0.2, 0.25) is 5.02 Å². The first kappa shape index (κ1) is 11.8. The van der Waals surface area contributed by atoms with Crippen LogP contribution in [0.15, 0.2) is 18.2 Å². The molecule has 1 amide bonds. The molecule has 2 atom stereocenters. The van der Waals surface area contributed by atoms with Crippen molar-refractivity contribution in [1.29, 1.82) is 0 Å². The first-order valence-electron chi connectivity index (χ1n) is 5.84. The predicted molar refractivity (Wildman–Crippen MR) is 69.8 cm³/mol. The number of aliphatic hydroxyl groups is 1. The van der Waals surface area contributed by atoms with Gasteiger partial charge < -0.3 is 14.9 Å². The van der Waals surface area contributed by atoms with Crippen molar-refractivity contribution >= 4 is 23.2 Å². The van der Waals surface area contributed by atoms with Gasteiger partial charge in [0.2, 0.25) is 5.72 Å². The van der Waals surface area contributed by atoms with Gasteiger partial charge in [0.05, 0.1) is 5.41 Å². The van der Waals surface area contributed by atoms with Gasteiger partial charge in [-0.05, 0) is 30.7 Å². The van der Waals surface area contributed by atoms with Crippen LogP contribution in [0, 0.1) is 0 Å². The molecule has 0 saturated carbocycles. The van der Waals surface area contributed by atoms with Crippen LogP contribution in [0.25, 0.3) is 0 Å². The van der Waals surface area contributed by atoms with Crippen LogP contribution in [0.5, 0.6) is 0 Å². The third-order valence-electron chi connectivity index (χ3n) is 4.37. The lowest BCUT2D eigenvalue weighted by atomic mass is 9.78. The Balaban J connectivity index is 2.30. The van der Waals surface area contributed by atoms with E-state index in [2.05, 4.69) is 0 Å². The summed E-state index contributed by atoms with van der Waals surface area (Å²) in [5, 5.41) is 11.5. The monoisotopic (exact) mass is 266 g/mol. The molecular weight excluding hydrogens is 252 g/mol. The van der Waals surface area contributed by atoms with Gasteiger partial charge in [-0.25, -0.2) is 0 Å². The molecule has 1 aromatic rings. The Morgan fingerprint density at radius 3 is 2.72 bits per heavy atom. The molecule has 5 heteroatoms. The minimum Gasteiger partial charge on any atom is -0.362 e. The zero-order valence-corrected chi connectivity index (χ0v) is 11.3. The van der Waals surface area contributed by atoms with Gasteiger partial charge in [-0.1, -0.05) is 11.6 Å². The third-order valence-corrected chi connectivity index (χ3v) is 4.60. The second-order valence-corrected chi connectivity index (χ2v) is 5.82. The molecule has 0 aromatic heterocycles. The number of carbonyl (C=O) groups excluding carboxylic acids is 1. The highest BCUT2D eigenvalue weighted by atomic mass is 35.5. The number of fused-ring (bicyclic) bond motifs is 3. The molecule has 1 fully saturated rings. The van der Waals surface area contributed by atoms with Gasteiger partial charge >= 0.3 is 0 Å². The number of rotatable bonds is 0. The molecule has 1 N–H and O–H groups in total. The van der Waals surface area contributed by atoms with Gasteiger partial charge in [0.15, 0.2) is 0 Å². The van der Waals surface area contributed by atoms with Gasteiger partial charge in [0, 0.05) is 31.4 Å². The fourth-order valence-corrected chi connectivity index (χ4v) is 3.53. The van der Waals surface area contributed by atoms with E-state index in [0.717, 1.165) is 11.3 Å². The highest BCUT2D eigenvalue weighted by Crippen LogP contribution is 2.54. The van der Waals surface area contributed by atoms with Crippen LogP contribution in [0.1, 0.15) is 12.5 Å². The van der Waals surface area contributed by atoms with Crippen molar-refractivity contribution in [3.63, 3.8) is 0 Å². The van der Waals surface area contributed by atoms with Crippen molar-refractivity contribution in [2.75, 3.05) is 25.5 Å². The van der Waals surface area contributed by atoms with E-state index in [1.54, 1.807) is 30.0 Å². The zero-order valence-electron chi connectivity index (χ0n) is 10.6. The molecule has 1 saturated heterocycles. The number of likely N-dealkylation sites (N-methyl/N-ethyl adjacent to an activating group) is 2. The summed E-state index contributed by atoms with van der Waals surface area (Å²) in [6.45, 7) is 2.40. The van der Waals surface area contributed by atoms with E-state index in [1.165, 1.54) is 0 Å². The van der Waals surface area contributed by atoms with E-state index in [4.69, 9.17) is 11.6 Å². The second kappa shape index (κ2) is 3.19. The standard InChI is InChI=1S/C13H15ClN2O2/c1-12-7-15(2)11(17)13(12,18)16(3)10-5-4-8(14)6-9(10)12/h4-6,18H,7H2,1-3H3/t12-,13+/m0/s1. The lowest BCUT2D eigenvalue weighted by molar-refractivity contribution is -0.143. The van der Waals surface area contributed by atoms with Crippen LogP contribution < -0.4 is 4.90 Å². The molecular formula is C13H15ClN2O2. The first-order valence-corrected chi connectivity index (χ1v) is 6.22.